The average molecular weight is 412 g/mol. The molecule has 2 amide bonds. The van der Waals surface area contributed by atoms with Gasteiger partial charge in [-0.3, -0.25) is 9.59 Å². The van der Waals surface area contributed by atoms with E-state index in [0.29, 0.717) is 11.0 Å². The van der Waals surface area contributed by atoms with Crippen LogP contribution in [0.5, 0.6) is 0 Å². The fourth-order valence-electron chi connectivity index (χ4n) is 2.92. The van der Waals surface area contributed by atoms with Crippen LogP contribution in [-0.2, 0) is 15.6 Å². The molecule has 0 bridgehead atoms. The second kappa shape index (κ2) is 8.32. The van der Waals surface area contributed by atoms with Crippen molar-refractivity contribution in [2.24, 2.45) is 0 Å². The Bertz CT molecular complexity index is 1190. The van der Waals surface area contributed by atoms with Gasteiger partial charge in [0.15, 0.2) is 15.6 Å². The number of anilines is 1. The number of furan rings is 1. The molecule has 0 unspecified atom stereocenters. The maximum atomic E-state index is 12.9. The fraction of sp³-hybridized carbons (Fsp3) is 0.143. The summed E-state index contributed by atoms with van der Waals surface area (Å²) in [7, 11) is -3.41. The summed E-state index contributed by atoms with van der Waals surface area (Å²) in [5.74, 6) is -1.45. The molecule has 1 heterocycles. The summed E-state index contributed by atoms with van der Waals surface area (Å²) in [6, 6.07) is 13.3. The van der Waals surface area contributed by atoms with Crippen LogP contribution in [0.1, 0.15) is 26.5 Å². The summed E-state index contributed by atoms with van der Waals surface area (Å²) in [4.78, 5) is 25.3. The molecule has 3 aromatic rings. The molecule has 3 rings (SSSR count). The molecule has 0 aliphatic heterocycles. The Balaban J connectivity index is 1.98. The van der Waals surface area contributed by atoms with Crippen molar-refractivity contribution in [2.45, 2.75) is 5.75 Å². The van der Waals surface area contributed by atoms with Crippen molar-refractivity contribution >= 4 is 38.3 Å². The van der Waals surface area contributed by atoms with Crippen LogP contribution in [0.2, 0.25) is 0 Å². The van der Waals surface area contributed by atoms with Crippen molar-refractivity contribution in [3.63, 3.8) is 0 Å². The number of hydrogen-bond donors (Lipinski definition) is 2. The van der Waals surface area contributed by atoms with Crippen LogP contribution in [0.4, 0.5) is 5.69 Å². The van der Waals surface area contributed by atoms with Gasteiger partial charge in [-0.25, -0.2) is 8.42 Å². The van der Waals surface area contributed by atoms with E-state index in [1.165, 1.54) is 0 Å². The van der Waals surface area contributed by atoms with Crippen LogP contribution in [-0.4, -0.2) is 33.0 Å². The molecule has 0 spiro atoms. The number of amides is 2. The predicted molar refractivity (Wildman–Crippen MR) is 112 cm³/mol. The number of para-hydroxylation sites is 2. The van der Waals surface area contributed by atoms with Crippen molar-refractivity contribution in [3.8, 4) is 0 Å². The highest BCUT2D eigenvalue weighted by Gasteiger charge is 2.24. The first-order valence-electron chi connectivity index (χ1n) is 8.78. The van der Waals surface area contributed by atoms with Crippen LogP contribution in [0.3, 0.4) is 0 Å². The van der Waals surface area contributed by atoms with E-state index < -0.39 is 15.7 Å². The van der Waals surface area contributed by atoms with Gasteiger partial charge in [0, 0.05) is 23.8 Å². The van der Waals surface area contributed by atoms with Crippen LogP contribution in [0, 0.1) is 0 Å². The third kappa shape index (κ3) is 4.72. The van der Waals surface area contributed by atoms with Crippen LogP contribution >= 0.6 is 0 Å². The van der Waals surface area contributed by atoms with Crippen molar-refractivity contribution < 1.29 is 22.4 Å². The Kier molecular flexibility index (Phi) is 5.84. The Morgan fingerprint density at radius 3 is 2.48 bits per heavy atom. The lowest BCUT2D eigenvalue weighted by atomic mass is 10.1. The molecule has 0 saturated carbocycles. The Labute approximate surface area is 168 Å². The van der Waals surface area contributed by atoms with E-state index in [4.69, 9.17) is 4.42 Å². The number of rotatable bonds is 7. The molecule has 0 radical (unpaired) electrons. The monoisotopic (exact) mass is 412 g/mol. The van der Waals surface area contributed by atoms with Gasteiger partial charge in [-0.05, 0) is 18.2 Å². The number of carbonyl (C=O) groups is 2. The molecule has 0 saturated heterocycles. The Morgan fingerprint density at radius 1 is 1.07 bits per heavy atom. The van der Waals surface area contributed by atoms with E-state index in [1.807, 2.05) is 0 Å². The zero-order valence-electron chi connectivity index (χ0n) is 15.8. The van der Waals surface area contributed by atoms with Gasteiger partial charge in [-0.15, -0.1) is 6.58 Å². The average Bonchev–Trinajstić information content (AvgIpc) is 3.03. The lowest BCUT2D eigenvalue weighted by molar-refractivity contribution is 0.0959. The van der Waals surface area contributed by atoms with E-state index >= 15 is 0 Å². The number of sulfone groups is 1. The normalized spacial score (nSPS) is 11.2. The van der Waals surface area contributed by atoms with Crippen molar-refractivity contribution in [2.75, 3.05) is 18.1 Å². The maximum Gasteiger partial charge on any atom is 0.291 e. The first kappa shape index (κ1) is 20.3. The third-order valence-electron chi connectivity index (χ3n) is 4.14. The fourth-order valence-corrected chi connectivity index (χ4v) is 3.73. The summed E-state index contributed by atoms with van der Waals surface area (Å²) in [5, 5.41) is 5.87. The van der Waals surface area contributed by atoms with E-state index in [2.05, 4.69) is 17.2 Å². The highest BCUT2D eigenvalue weighted by Crippen LogP contribution is 2.28. The molecule has 8 heteroatoms. The highest BCUT2D eigenvalue weighted by atomic mass is 32.2. The zero-order valence-corrected chi connectivity index (χ0v) is 16.6. The molecule has 150 valence electrons. The number of nitrogens with one attached hydrogen (secondary N) is 2. The minimum absolute atomic E-state index is 0.0991. The third-order valence-corrected chi connectivity index (χ3v) is 4.95. The summed E-state index contributed by atoms with van der Waals surface area (Å²) < 4.78 is 29.4. The second-order valence-corrected chi connectivity index (χ2v) is 8.61. The predicted octanol–water partition coefficient (Wildman–Crippen LogP) is 3.15. The zero-order chi connectivity index (χ0) is 21.0. The van der Waals surface area contributed by atoms with E-state index in [-0.39, 0.29) is 40.8 Å². The van der Waals surface area contributed by atoms with Crippen molar-refractivity contribution in [1.82, 2.24) is 5.32 Å². The largest absolute Gasteiger partial charge is 0.451 e. The molecular formula is C21H20N2O5S. The number of benzene rings is 2. The molecule has 0 fully saturated rings. The molecule has 1 aromatic heterocycles. The van der Waals surface area contributed by atoms with Gasteiger partial charge < -0.3 is 15.1 Å². The molecular weight excluding hydrogens is 392 g/mol. The minimum atomic E-state index is -3.41. The van der Waals surface area contributed by atoms with E-state index in [1.54, 1.807) is 54.6 Å². The lowest BCUT2D eigenvalue weighted by Gasteiger charge is -2.10. The molecule has 0 aliphatic carbocycles. The molecule has 29 heavy (non-hydrogen) atoms. The summed E-state index contributed by atoms with van der Waals surface area (Å²) in [5.41, 5.74) is 1.25. The van der Waals surface area contributed by atoms with Gasteiger partial charge in [-0.2, -0.15) is 0 Å². The van der Waals surface area contributed by atoms with Gasteiger partial charge in [-0.1, -0.05) is 36.4 Å². The van der Waals surface area contributed by atoms with Gasteiger partial charge in [0.25, 0.3) is 11.8 Å². The van der Waals surface area contributed by atoms with Crippen molar-refractivity contribution in [3.05, 3.63) is 78.1 Å². The standard InChI is InChI=1S/C21H20N2O5S/c1-3-12-22-20(24)15-9-4-6-10-17(15)23-21(25)19-16(13-29(2,26)27)14-8-5-7-11-18(14)28-19/h3-11H,1,12-13H2,2H3,(H,22,24)(H,23,25). The topological polar surface area (TPSA) is 105 Å². The highest BCUT2D eigenvalue weighted by molar-refractivity contribution is 7.89. The minimum Gasteiger partial charge on any atom is -0.451 e. The van der Waals surface area contributed by atoms with Crippen LogP contribution < -0.4 is 10.6 Å². The maximum absolute atomic E-state index is 12.9. The second-order valence-electron chi connectivity index (χ2n) is 6.47. The summed E-state index contributed by atoms with van der Waals surface area (Å²) >= 11 is 0. The van der Waals surface area contributed by atoms with Gasteiger partial charge in [0.2, 0.25) is 0 Å². The number of fused-ring (bicyclic) bond motifs is 1. The van der Waals surface area contributed by atoms with Gasteiger partial charge >= 0.3 is 0 Å². The lowest BCUT2D eigenvalue weighted by Crippen LogP contribution is -2.25. The van der Waals surface area contributed by atoms with Crippen LogP contribution in [0.15, 0.2) is 65.6 Å². The van der Waals surface area contributed by atoms with Crippen LogP contribution in [0.25, 0.3) is 11.0 Å². The van der Waals surface area contributed by atoms with Gasteiger partial charge in [0.1, 0.15) is 5.58 Å². The molecule has 7 nitrogen and oxygen atoms in total. The smallest absolute Gasteiger partial charge is 0.291 e. The summed E-state index contributed by atoms with van der Waals surface area (Å²) in [6.45, 7) is 3.83. The summed E-state index contributed by atoms with van der Waals surface area (Å²) in [6.07, 6.45) is 2.64. The van der Waals surface area contributed by atoms with E-state index in [0.717, 1.165) is 6.26 Å². The molecule has 2 N–H and O–H groups in total. The number of hydrogen-bond acceptors (Lipinski definition) is 5. The van der Waals surface area contributed by atoms with E-state index in [9.17, 15) is 18.0 Å². The molecule has 0 aliphatic rings. The Hall–Kier alpha value is -3.39. The SMILES string of the molecule is C=CCNC(=O)c1ccccc1NC(=O)c1oc2ccccc2c1CS(C)(=O)=O. The first-order chi connectivity index (χ1) is 13.8. The Morgan fingerprint density at radius 2 is 1.76 bits per heavy atom. The molecule has 2 aromatic carbocycles. The first-order valence-corrected chi connectivity index (χ1v) is 10.8. The van der Waals surface area contributed by atoms with Crippen molar-refractivity contribution in [1.29, 1.82) is 0 Å². The van der Waals surface area contributed by atoms with Gasteiger partial charge in [0.05, 0.1) is 17.0 Å². The molecule has 0 atom stereocenters. The number of carbonyl (C=O) groups excluding carboxylic acids is 2. The quantitative estimate of drug-likeness (QED) is 0.580.